The standard InChI is InChI=1S/C16H12ClF3N2O3/c17-10-4-9(6-21-7-10)8-22-12-3-1-2-11(13(23)5-18)14(12)25-16(19,20)15(22)24/h1-4,6-7,13,23H,5,8H2. The van der Waals surface area contributed by atoms with Crippen LogP contribution in [0.4, 0.5) is 18.9 Å². The lowest BCUT2D eigenvalue weighted by molar-refractivity contribution is -0.193. The highest BCUT2D eigenvalue weighted by atomic mass is 35.5. The molecule has 1 N–H and O–H groups in total. The number of nitrogens with zero attached hydrogens (tertiary/aromatic N) is 2. The number of carbonyl (C=O) groups is 1. The summed E-state index contributed by atoms with van der Waals surface area (Å²) in [5.74, 6) is -2.01. The van der Waals surface area contributed by atoms with E-state index in [1.807, 2.05) is 0 Å². The van der Waals surface area contributed by atoms with E-state index >= 15 is 0 Å². The van der Waals surface area contributed by atoms with E-state index in [9.17, 15) is 23.1 Å². The minimum atomic E-state index is -4.15. The maximum atomic E-state index is 14.0. The number of para-hydroxylation sites is 1. The van der Waals surface area contributed by atoms with Crippen molar-refractivity contribution >= 4 is 23.2 Å². The monoisotopic (exact) mass is 372 g/mol. The Balaban J connectivity index is 2.08. The van der Waals surface area contributed by atoms with Crippen LogP contribution in [0.1, 0.15) is 17.2 Å². The van der Waals surface area contributed by atoms with Gasteiger partial charge in [-0.15, -0.1) is 0 Å². The minimum absolute atomic E-state index is 0.000834. The molecule has 1 amide bonds. The molecule has 3 rings (SSSR count). The van der Waals surface area contributed by atoms with Gasteiger partial charge in [-0.3, -0.25) is 14.7 Å². The van der Waals surface area contributed by atoms with Crippen LogP contribution in [0.25, 0.3) is 0 Å². The number of carbonyl (C=O) groups excluding carboxylic acids is 1. The number of hydrogen-bond donors (Lipinski definition) is 1. The number of aliphatic hydroxyl groups is 1. The SMILES string of the molecule is O=C1N(Cc2cncc(Cl)c2)c2cccc(C(O)CF)c2OC1(F)F. The van der Waals surface area contributed by atoms with Gasteiger partial charge in [-0.05, 0) is 17.7 Å². The molecule has 0 radical (unpaired) electrons. The Labute approximate surface area is 145 Å². The highest BCUT2D eigenvalue weighted by Gasteiger charge is 2.51. The van der Waals surface area contributed by atoms with Crippen molar-refractivity contribution in [2.24, 2.45) is 0 Å². The van der Waals surface area contributed by atoms with Crippen LogP contribution < -0.4 is 9.64 Å². The molecule has 0 saturated heterocycles. The summed E-state index contributed by atoms with van der Waals surface area (Å²) in [4.78, 5) is 16.8. The van der Waals surface area contributed by atoms with E-state index in [1.54, 1.807) is 0 Å². The molecule has 25 heavy (non-hydrogen) atoms. The zero-order valence-corrected chi connectivity index (χ0v) is 13.4. The van der Waals surface area contributed by atoms with E-state index in [0.29, 0.717) is 5.56 Å². The van der Waals surface area contributed by atoms with E-state index in [2.05, 4.69) is 9.72 Å². The number of aliphatic hydroxyl groups excluding tert-OH is 1. The molecule has 1 atom stereocenters. The second-order valence-corrected chi connectivity index (χ2v) is 5.82. The number of ether oxygens (including phenoxy) is 1. The van der Waals surface area contributed by atoms with Gasteiger partial charge in [-0.25, -0.2) is 4.39 Å². The number of pyridine rings is 1. The first kappa shape index (κ1) is 17.5. The Morgan fingerprint density at radius 2 is 2.12 bits per heavy atom. The van der Waals surface area contributed by atoms with Gasteiger partial charge in [-0.2, -0.15) is 8.78 Å². The largest absolute Gasteiger partial charge is 0.483 e. The number of halogens is 4. The van der Waals surface area contributed by atoms with Crippen LogP contribution in [0.5, 0.6) is 5.75 Å². The number of aromatic nitrogens is 1. The second-order valence-electron chi connectivity index (χ2n) is 5.39. The number of anilines is 1. The van der Waals surface area contributed by atoms with E-state index in [1.165, 1.54) is 36.7 Å². The smallest absolute Gasteiger partial charge is 0.423 e. The number of benzene rings is 1. The molecule has 1 aliphatic rings. The lowest BCUT2D eigenvalue weighted by Gasteiger charge is -2.35. The fourth-order valence-electron chi connectivity index (χ4n) is 2.53. The maximum Gasteiger partial charge on any atom is 0.483 e. The van der Waals surface area contributed by atoms with Gasteiger partial charge >= 0.3 is 12.0 Å². The van der Waals surface area contributed by atoms with Gasteiger partial charge in [0.05, 0.1) is 17.3 Å². The second kappa shape index (κ2) is 6.53. The number of rotatable bonds is 4. The summed E-state index contributed by atoms with van der Waals surface area (Å²) < 4.78 is 45.3. The van der Waals surface area contributed by atoms with E-state index in [0.717, 1.165) is 4.90 Å². The number of hydrogen-bond acceptors (Lipinski definition) is 4. The molecule has 0 bridgehead atoms. The average molecular weight is 373 g/mol. The van der Waals surface area contributed by atoms with Crippen molar-refractivity contribution in [1.82, 2.24) is 4.98 Å². The van der Waals surface area contributed by atoms with Crippen LogP contribution in [0.15, 0.2) is 36.7 Å². The summed E-state index contributed by atoms with van der Waals surface area (Å²) in [6.07, 6.45) is -3.05. The third-order valence-corrected chi connectivity index (χ3v) is 3.85. The van der Waals surface area contributed by atoms with Gasteiger partial charge in [0, 0.05) is 18.0 Å². The number of alkyl halides is 3. The summed E-state index contributed by atoms with van der Waals surface area (Å²) in [5, 5.41) is 9.99. The molecule has 5 nitrogen and oxygen atoms in total. The molecule has 1 unspecified atom stereocenters. The number of amides is 1. The quantitative estimate of drug-likeness (QED) is 0.895. The fraction of sp³-hybridized carbons (Fsp3) is 0.250. The molecule has 0 saturated carbocycles. The first-order chi connectivity index (χ1) is 11.8. The van der Waals surface area contributed by atoms with Crippen LogP contribution in [-0.2, 0) is 11.3 Å². The normalized spacial score (nSPS) is 17.0. The molecular formula is C16H12ClF3N2O3. The van der Waals surface area contributed by atoms with Crippen molar-refractivity contribution < 1.29 is 27.8 Å². The lowest BCUT2D eigenvalue weighted by atomic mass is 10.1. The topological polar surface area (TPSA) is 62.7 Å². The third kappa shape index (κ3) is 3.27. The molecule has 2 heterocycles. The highest BCUT2D eigenvalue weighted by molar-refractivity contribution is 6.30. The summed E-state index contributed by atoms with van der Waals surface area (Å²) in [7, 11) is 0. The van der Waals surface area contributed by atoms with Gasteiger partial charge in [0.15, 0.2) is 5.75 Å². The predicted octanol–water partition coefficient (Wildman–Crippen LogP) is 3.26. The first-order valence-electron chi connectivity index (χ1n) is 7.18. The molecule has 2 aromatic rings. The molecular weight excluding hydrogens is 361 g/mol. The van der Waals surface area contributed by atoms with Crippen molar-refractivity contribution in [3.8, 4) is 5.75 Å². The minimum Gasteiger partial charge on any atom is -0.423 e. The highest BCUT2D eigenvalue weighted by Crippen LogP contribution is 2.44. The fourth-order valence-corrected chi connectivity index (χ4v) is 2.73. The molecule has 1 aliphatic heterocycles. The molecule has 0 fully saturated rings. The summed E-state index contributed by atoms with van der Waals surface area (Å²) in [6.45, 7) is -1.43. The van der Waals surface area contributed by atoms with E-state index < -0.39 is 30.5 Å². The van der Waals surface area contributed by atoms with Crippen LogP contribution in [0.3, 0.4) is 0 Å². The van der Waals surface area contributed by atoms with E-state index in [4.69, 9.17) is 11.6 Å². The average Bonchev–Trinajstić information content (AvgIpc) is 2.57. The summed E-state index contributed by atoms with van der Waals surface area (Å²) >= 11 is 5.83. The summed E-state index contributed by atoms with van der Waals surface area (Å²) in [6, 6.07) is 5.52. The zero-order chi connectivity index (χ0) is 18.2. The van der Waals surface area contributed by atoms with Crippen molar-refractivity contribution in [3.05, 3.63) is 52.8 Å². The van der Waals surface area contributed by atoms with Crippen molar-refractivity contribution in [2.75, 3.05) is 11.6 Å². The van der Waals surface area contributed by atoms with Gasteiger partial charge in [0.1, 0.15) is 12.8 Å². The molecule has 1 aromatic heterocycles. The predicted molar refractivity (Wildman–Crippen MR) is 83.4 cm³/mol. The molecule has 9 heteroatoms. The van der Waals surface area contributed by atoms with Crippen LogP contribution in [0, 0.1) is 0 Å². The molecule has 1 aromatic carbocycles. The third-order valence-electron chi connectivity index (χ3n) is 3.65. The van der Waals surface area contributed by atoms with Crippen molar-refractivity contribution in [3.63, 3.8) is 0 Å². The Kier molecular flexibility index (Phi) is 4.57. The Morgan fingerprint density at radius 3 is 2.80 bits per heavy atom. The first-order valence-corrected chi connectivity index (χ1v) is 7.56. The van der Waals surface area contributed by atoms with Crippen LogP contribution in [-0.4, -0.2) is 28.8 Å². The van der Waals surface area contributed by atoms with Gasteiger partial charge in [0.2, 0.25) is 0 Å². The number of fused-ring (bicyclic) bond motifs is 1. The lowest BCUT2D eigenvalue weighted by Crippen LogP contribution is -2.50. The Hall–Kier alpha value is -2.32. The van der Waals surface area contributed by atoms with Gasteiger partial charge in [-0.1, -0.05) is 23.7 Å². The summed E-state index contributed by atoms with van der Waals surface area (Å²) in [5.41, 5.74) is 0.253. The molecule has 0 spiro atoms. The van der Waals surface area contributed by atoms with Crippen molar-refractivity contribution in [2.45, 2.75) is 18.8 Å². The van der Waals surface area contributed by atoms with Gasteiger partial charge in [0.25, 0.3) is 0 Å². The van der Waals surface area contributed by atoms with E-state index in [-0.39, 0.29) is 22.8 Å². The van der Waals surface area contributed by atoms with Crippen LogP contribution in [0.2, 0.25) is 5.02 Å². The zero-order valence-electron chi connectivity index (χ0n) is 12.6. The Bertz CT molecular complexity index is 819. The Morgan fingerprint density at radius 1 is 1.36 bits per heavy atom. The maximum absolute atomic E-state index is 14.0. The molecule has 0 aliphatic carbocycles. The van der Waals surface area contributed by atoms with Gasteiger partial charge < -0.3 is 9.84 Å². The van der Waals surface area contributed by atoms with Crippen LogP contribution >= 0.6 is 11.6 Å². The molecule has 132 valence electrons. The van der Waals surface area contributed by atoms with Crippen molar-refractivity contribution in [1.29, 1.82) is 0 Å².